The van der Waals surface area contributed by atoms with Crippen molar-refractivity contribution in [2.24, 2.45) is 5.16 Å². The van der Waals surface area contributed by atoms with Gasteiger partial charge in [-0.2, -0.15) is 5.26 Å². The summed E-state index contributed by atoms with van der Waals surface area (Å²) >= 11 is 0. The van der Waals surface area contributed by atoms with Gasteiger partial charge in [-0.1, -0.05) is 18.5 Å². The highest BCUT2D eigenvalue weighted by molar-refractivity contribution is 5.81. The van der Waals surface area contributed by atoms with Crippen LogP contribution in [0.5, 0.6) is 5.75 Å². The first kappa shape index (κ1) is 12.3. The van der Waals surface area contributed by atoms with Crippen molar-refractivity contribution in [1.82, 2.24) is 0 Å². The SMILES string of the molecule is CCCC/C(C)=N/Oc1ccc(C#N)cc1. The lowest BCUT2D eigenvalue weighted by Gasteiger charge is -2.00. The minimum absolute atomic E-state index is 0.624. The van der Waals surface area contributed by atoms with E-state index in [9.17, 15) is 0 Å². The first-order valence-corrected chi connectivity index (χ1v) is 5.47. The molecule has 0 saturated carbocycles. The molecular weight excluding hydrogens is 200 g/mol. The molecule has 1 aromatic carbocycles. The summed E-state index contributed by atoms with van der Waals surface area (Å²) in [5.41, 5.74) is 1.62. The van der Waals surface area contributed by atoms with Crippen molar-refractivity contribution in [2.75, 3.05) is 0 Å². The summed E-state index contributed by atoms with van der Waals surface area (Å²) in [5.74, 6) is 0.662. The van der Waals surface area contributed by atoms with Gasteiger partial charge >= 0.3 is 0 Å². The van der Waals surface area contributed by atoms with E-state index in [2.05, 4.69) is 18.1 Å². The van der Waals surface area contributed by atoms with Crippen LogP contribution < -0.4 is 4.84 Å². The molecule has 1 rings (SSSR count). The van der Waals surface area contributed by atoms with Gasteiger partial charge in [0.25, 0.3) is 0 Å². The molecule has 84 valence electrons. The summed E-state index contributed by atoms with van der Waals surface area (Å²) < 4.78 is 0. The van der Waals surface area contributed by atoms with Crippen LogP contribution in [-0.4, -0.2) is 5.71 Å². The Morgan fingerprint density at radius 3 is 2.62 bits per heavy atom. The smallest absolute Gasteiger partial charge is 0.158 e. The fourth-order valence-electron chi connectivity index (χ4n) is 1.20. The monoisotopic (exact) mass is 216 g/mol. The van der Waals surface area contributed by atoms with E-state index in [0.717, 1.165) is 25.0 Å². The van der Waals surface area contributed by atoms with E-state index in [1.165, 1.54) is 0 Å². The molecule has 16 heavy (non-hydrogen) atoms. The summed E-state index contributed by atoms with van der Waals surface area (Å²) in [7, 11) is 0. The highest BCUT2D eigenvalue weighted by atomic mass is 16.6. The van der Waals surface area contributed by atoms with Gasteiger partial charge in [-0.25, -0.2) is 0 Å². The van der Waals surface area contributed by atoms with Crippen molar-refractivity contribution in [3.63, 3.8) is 0 Å². The van der Waals surface area contributed by atoms with Crippen LogP contribution in [0.3, 0.4) is 0 Å². The van der Waals surface area contributed by atoms with Gasteiger partial charge in [0.15, 0.2) is 5.75 Å². The molecule has 0 aliphatic carbocycles. The maximum atomic E-state index is 8.63. The summed E-state index contributed by atoms with van der Waals surface area (Å²) in [6.45, 7) is 4.11. The predicted molar refractivity (Wildman–Crippen MR) is 64.4 cm³/mol. The van der Waals surface area contributed by atoms with E-state index in [1.807, 2.05) is 6.92 Å². The molecule has 0 heterocycles. The zero-order chi connectivity index (χ0) is 11.8. The van der Waals surface area contributed by atoms with E-state index in [1.54, 1.807) is 24.3 Å². The number of nitriles is 1. The minimum atomic E-state index is 0.624. The van der Waals surface area contributed by atoms with E-state index in [0.29, 0.717) is 11.3 Å². The number of nitrogens with zero attached hydrogens (tertiary/aromatic N) is 2. The average Bonchev–Trinajstić information content (AvgIpc) is 2.34. The Bertz CT molecular complexity index is 387. The van der Waals surface area contributed by atoms with E-state index in [-0.39, 0.29) is 0 Å². The second-order valence-electron chi connectivity index (χ2n) is 3.66. The molecule has 3 heteroatoms. The normalized spacial score (nSPS) is 10.9. The molecule has 0 fully saturated rings. The quantitative estimate of drug-likeness (QED) is 0.558. The van der Waals surface area contributed by atoms with Gasteiger partial charge in [-0.15, -0.1) is 0 Å². The molecule has 3 nitrogen and oxygen atoms in total. The molecule has 0 aliphatic rings. The fourth-order valence-corrected chi connectivity index (χ4v) is 1.20. The molecule has 0 N–H and O–H groups in total. The second-order valence-corrected chi connectivity index (χ2v) is 3.66. The zero-order valence-corrected chi connectivity index (χ0v) is 9.73. The van der Waals surface area contributed by atoms with Crippen LogP contribution in [0.1, 0.15) is 38.7 Å². The van der Waals surface area contributed by atoms with Crippen LogP contribution in [0.2, 0.25) is 0 Å². The molecule has 0 atom stereocenters. The summed E-state index contributed by atoms with van der Waals surface area (Å²) in [5, 5.41) is 12.6. The Kier molecular flexibility index (Phi) is 5.07. The number of benzene rings is 1. The van der Waals surface area contributed by atoms with Gasteiger partial charge in [0, 0.05) is 0 Å². The lowest BCUT2D eigenvalue weighted by Crippen LogP contribution is -1.95. The molecule has 0 aliphatic heterocycles. The molecule has 0 bridgehead atoms. The Balaban J connectivity index is 2.50. The standard InChI is InChI=1S/C13H16N2O/c1-3-4-5-11(2)15-16-13-8-6-12(10-14)7-9-13/h6-9H,3-5H2,1-2H3/b15-11+. The molecule has 0 unspecified atom stereocenters. The number of unbranched alkanes of at least 4 members (excludes halogenated alkanes) is 1. The first-order valence-electron chi connectivity index (χ1n) is 5.47. The van der Waals surface area contributed by atoms with Gasteiger partial charge < -0.3 is 4.84 Å². The van der Waals surface area contributed by atoms with Crippen molar-refractivity contribution in [2.45, 2.75) is 33.1 Å². The fraction of sp³-hybridized carbons (Fsp3) is 0.385. The van der Waals surface area contributed by atoms with Gasteiger partial charge in [0.1, 0.15) is 0 Å². The average molecular weight is 216 g/mol. The number of hydrogen-bond acceptors (Lipinski definition) is 3. The maximum absolute atomic E-state index is 8.63. The Morgan fingerprint density at radius 2 is 2.06 bits per heavy atom. The molecule has 0 spiro atoms. The molecular formula is C13H16N2O. The van der Waals surface area contributed by atoms with Gasteiger partial charge in [0.2, 0.25) is 0 Å². The molecule has 0 aromatic heterocycles. The van der Waals surface area contributed by atoms with Crippen molar-refractivity contribution < 1.29 is 4.84 Å². The van der Waals surface area contributed by atoms with E-state index < -0.39 is 0 Å². The van der Waals surface area contributed by atoms with Crippen LogP contribution in [0.4, 0.5) is 0 Å². The minimum Gasteiger partial charge on any atom is -0.357 e. The van der Waals surface area contributed by atoms with Gasteiger partial charge in [0.05, 0.1) is 17.3 Å². The van der Waals surface area contributed by atoms with Crippen LogP contribution >= 0.6 is 0 Å². The number of oxime groups is 1. The van der Waals surface area contributed by atoms with Gasteiger partial charge in [-0.05, 0) is 44.0 Å². The summed E-state index contributed by atoms with van der Waals surface area (Å²) in [4.78, 5) is 5.24. The predicted octanol–water partition coefficient (Wildman–Crippen LogP) is 3.50. The van der Waals surface area contributed by atoms with Crippen LogP contribution in [0, 0.1) is 11.3 Å². The van der Waals surface area contributed by atoms with Gasteiger partial charge in [-0.3, -0.25) is 0 Å². The lowest BCUT2D eigenvalue weighted by molar-refractivity contribution is 0.339. The topological polar surface area (TPSA) is 45.4 Å². The second kappa shape index (κ2) is 6.62. The van der Waals surface area contributed by atoms with Crippen LogP contribution in [0.15, 0.2) is 29.4 Å². The largest absolute Gasteiger partial charge is 0.357 e. The van der Waals surface area contributed by atoms with Crippen molar-refractivity contribution in [3.05, 3.63) is 29.8 Å². The third-order valence-corrected chi connectivity index (χ3v) is 2.18. The number of hydrogen-bond donors (Lipinski definition) is 0. The molecule has 0 saturated heterocycles. The lowest BCUT2D eigenvalue weighted by atomic mass is 10.2. The summed E-state index contributed by atoms with van der Waals surface area (Å²) in [6, 6.07) is 8.97. The Hall–Kier alpha value is -1.82. The third-order valence-electron chi connectivity index (χ3n) is 2.18. The zero-order valence-electron chi connectivity index (χ0n) is 9.73. The Labute approximate surface area is 96.3 Å². The third kappa shape index (κ3) is 4.14. The van der Waals surface area contributed by atoms with Crippen molar-refractivity contribution in [1.29, 1.82) is 5.26 Å². The van der Waals surface area contributed by atoms with E-state index >= 15 is 0 Å². The van der Waals surface area contributed by atoms with Crippen molar-refractivity contribution in [3.8, 4) is 11.8 Å². The van der Waals surface area contributed by atoms with Crippen molar-refractivity contribution >= 4 is 5.71 Å². The molecule has 0 radical (unpaired) electrons. The first-order chi connectivity index (χ1) is 7.76. The highest BCUT2D eigenvalue weighted by Gasteiger charge is 1.95. The van der Waals surface area contributed by atoms with E-state index in [4.69, 9.17) is 10.1 Å². The number of rotatable bonds is 5. The Morgan fingerprint density at radius 1 is 1.38 bits per heavy atom. The summed E-state index contributed by atoms with van der Waals surface area (Å²) in [6.07, 6.45) is 3.25. The van der Waals surface area contributed by atoms with Crippen LogP contribution in [-0.2, 0) is 0 Å². The maximum Gasteiger partial charge on any atom is 0.158 e. The molecule has 0 amide bonds. The van der Waals surface area contributed by atoms with Crippen LogP contribution in [0.25, 0.3) is 0 Å². The highest BCUT2D eigenvalue weighted by Crippen LogP contribution is 2.12. The molecule has 1 aromatic rings.